The number of hydrogen-bond donors (Lipinski definition) is 1. The van der Waals surface area contributed by atoms with Crippen molar-refractivity contribution in [3.05, 3.63) is 16.1 Å². The molecule has 19 heavy (non-hydrogen) atoms. The molecule has 1 fully saturated rings. The van der Waals surface area contributed by atoms with Gasteiger partial charge in [-0.15, -0.1) is 11.3 Å². The number of nitrogens with one attached hydrogen (secondary N) is 1. The van der Waals surface area contributed by atoms with Crippen LogP contribution in [-0.4, -0.2) is 42.2 Å². The Balaban J connectivity index is 1.60. The molecule has 0 spiro atoms. The molecule has 0 unspecified atom stereocenters. The Kier molecular flexibility index (Phi) is 6.23. The van der Waals surface area contributed by atoms with Gasteiger partial charge in [0.25, 0.3) is 0 Å². The van der Waals surface area contributed by atoms with E-state index in [-0.39, 0.29) is 0 Å². The van der Waals surface area contributed by atoms with Crippen LogP contribution in [0.15, 0.2) is 5.38 Å². The highest BCUT2D eigenvalue weighted by Gasteiger charge is 2.10. The predicted octanol–water partition coefficient (Wildman–Crippen LogP) is 2.25. The number of hydrogen-bond acceptors (Lipinski definition) is 5. The Morgan fingerprint density at radius 1 is 1.42 bits per heavy atom. The Morgan fingerprint density at radius 3 is 2.95 bits per heavy atom. The summed E-state index contributed by atoms with van der Waals surface area (Å²) in [7, 11) is 0. The summed E-state index contributed by atoms with van der Waals surface area (Å²) in [5, 5.41) is 6.63. The van der Waals surface area contributed by atoms with Crippen molar-refractivity contribution in [3.63, 3.8) is 0 Å². The normalized spacial score (nSPS) is 16.6. The zero-order valence-electron chi connectivity index (χ0n) is 12.0. The molecule has 1 aliphatic rings. The third kappa shape index (κ3) is 5.57. The molecule has 0 aliphatic carbocycles. The Hall–Kier alpha value is -0.490. The van der Waals surface area contributed by atoms with Crippen molar-refractivity contribution in [2.45, 2.75) is 45.9 Å². The summed E-state index contributed by atoms with van der Waals surface area (Å²) in [6, 6.07) is 0.504. The molecule has 5 heteroatoms. The molecule has 0 amide bonds. The third-order valence-corrected chi connectivity index (χ3v) is 4.16. The molecule has 0 saturated carbocycles. The summed E-state index contributed by atoms with van der Waals surface area (Å²) < 4.78 is 5.70. The molecular formula is C14H25N3OS. The van der Waals surface area contributed by atoms with E-state index in [9.17, 15) is 0 Å². The summed E-state index contributed by atoms with van der Waals surface area (Å²) in [6.07, 6.45) is 2.69. The molecule has 0 bridgehead atoms. The highest BCUT2D eigenvalue weighted by atomic mass is 32.1. The first-order valence-corrected chi connectivity index (χ1v) is 8.09. The van der Waals surface area contributed by atoms with E-state index in [0.29, 0.717) is 12.6 Å². The van der Waals surface area contributed by atoms with Crippen molar-refractivity contribution in [3.8, 4) is 0 Å². The van der Waals surface area contributed by atoms with E-state index in [4.69, 9.17) is 4.74 Å². The summed E-state index contributed by atoms with van der Waals surface area (Å²) in [5.41, 5.74) is 1.06. The molecule has 1 N–H and O–H groups in total. The smallest absolute Gasteiger partial charge is 0.107 e. The monoisotopic (exact) mass is 283 g/mol. The van der Waals surface area contributed by atoms with E-state index >= 15 is 0 Å². The van der Waals surface area contributed by atoms with Crippen LogP contribution >= 0.6 is 11.3 Å². The molecule has 0 atom stereocenters. The molecule has 0 radical (unpaired) electrons. The van der Waals surface area contributed by atoms with E-state index in [1.165, 1.54) is 25.9 Å². The van der Waals surface area contributed by atoms with Gasteiger partial charge in [0.2, 0.25) is 0 Å². The maximum Gasteiger partial charge on any atom is 0.107 e. The fourth-order valence-electron chi connectivity index (χ4n) is 2.16. The molecule has 2 heterocycles. The largest absolute Gasteiger partial charge is 0.374 e. The lowest BCUT2D eigenvalue weighted by atomic mass is 10.4. The zero-order valence-corrected chi connectivity index (χ0v) is 12.8. The molecule has 1 aromatic rings. The maximum atomic E-state index is 5.70. The Bertz CT molecular complexity index is 361. The second kappa shape index (κ2) is 7.94. The van der Waals surface area contributed by atoms with Crippen molar-refractivity contribution in [1.29, 1.82) is 0 Å². The van der Waals surface area contributed by atoms with Crippen molar-refractivity contribution in [2.24, 2.45) is 0 Å². The zero-order chi connectivity index (χ0) is 13.5. The van der Waals surface area contributed by atoms with Gasteiger partial charge in [-0.05, 0) is 25.9 Å². The fraction of sp³-hybridized carbons (Fsp3) is 0.786. The number of rotatable bonds is 8. The van der Waals surface area contributed by atoms with Crippen LogP contribution < -0.4 is 5.32 Å². The van der Waals surface area contributed by atoms with Crippen LogP contribution in [0.1, 0.15) is 37.4 Å². The average Bonchev–Trinajstić information content (AvgIpc) is 3.04. The number of thiazole rings is 1. The first-order chi connectivity index (χ1) is 9.24. The van der Waals surface area contributed by atoms with Crippen LogP contribution in [0, 0.1) is 0 Å². The summed E-state index contributed by atoms with van der Waals surface area (Å²) >= 11 is 1.71. The van der Waals surface area contributed by atoms with E-state index in [0.717, 1.165) is 30.4 Å². The van der Waals surface area contributed by atoms with Crippen LogP contribution in [0.25, 0.3) is 0 Å². The number of ether oxygens (including phenoxy) is 1. The van der Waals surface area contributed by atoms with Gasteiger partial charge in [-0.2, -0.15) is 0 Å². The van der Waals surface area contributed by atoms with Gasteiger partial charge >= 0.3 is 0 Å². The first kappa shape index (κ1) is 14.9. The van der Waals surface area contributed by atoms with E-state index in [2.05, 4.69) is 34.4 Å². The van der Waals surface area contributed by atoms with Crippen LogP contribution in [0.3, 0.4) is 0 Å². The number of aromatic nitrogens is 1. The molecule has 108 valence electrons. The fourth-order valence-corrected chi connectivity index (χ4v) is 2.89. The molecule has 1 aliphatic heterocycles. The number of likely N-dealkylation sites (tertiary alicyclic amines) is 1. The lowest BCUT2D eigenvalue weighted by molar-refractivity contribution is 0.0973. The van der Waals surface area contributed by atoms with Crippen molar-refractivity contribution in [2.75, 3.05) is 26.2 Å². The average molecular weight is 283 g/mol. The SMILES string of the molecule is CC(C)NCc1nc(COCCN2CCCC2)cs1. The van der Waals surface area contributed by atoms with Gasteiger partial charge in [0.1, 0.15) is 5.01 Å². The van der Waals surface area contributed by atoms with Gasteiger partial charge < -0.3 is 15.0 Å². The Labute approximate surface area is 120 Å². The van der Waals surface area contributed by atoms with Gasteiger partial charge in [-0.1, -0.05) is 13.8 Å². The minimum Gasteiger partial charge on any atom is -0.374 e. The molecule has 4 nitrogen and oxygen atoms in total. The molecule has 1 aromatic heterocycles. The first-order valence-electron chi connectivity index (χ1n) is 7.21. The van der Waals surface area contributed by atoms with Gasteiger partial charge in [-0.25, -0.2) is 4.98 Å². The van der Waals surface area contributed by atoms with Gasteiger partial charge in [0.05, 0.1) is 18.9 Å². The van der Waals surface area contributed by atoms with E-state index < -0.39 is 0 Å². The molecular weight excluding hydrogens is 258 g/mol. The van der Waals surface area contributed by atoms with Crippen LogP contribution in [0.5, 0.6) is 0 Å². The van der Waals surface area contributed by atoms with Crippen molar-refractivity contribution >= 4 is 11.3 Å². The van der Waals surface area contributed by atoms with Gasteiger partial charge in [0.15, 0.2) is 0 Å². The highest BCUT2D eigenvalue weighted by molar-refractivity contribution is 7.09. The Morgan fingerprint density at radius 2 is 2.21 bits per heavy atom. The summed E-state index contributed by atoms with van der Waals surface area (Å²) in [5.74, 6) is 0. The van der Waals surface area contributed by atoms with E-state index in [1.54, 1.807) is 11.3 Å². The molecule has 0 aromatic carbocycles. The summed E-state index contributed by atoms with van der Waals surface area (Å²) in [6.45, 7) is 10.2. The van der Waals surface area contributed by atoms with Crippen molar-refractivity contribution < 1.29 is 4.74 Å². The standard InChI is InChI=1S/C14H25N3OS/c1-12(2)15-9-14-16-13(11-19-14)10-18-8-7-17-5-3-4-6-17/h11-12,15H,3-10H2,1-2H3. The minimum atomic E-state index is 0.504. The van der Waals surface area contributed by atoms with Crippen LogP contribution in [0.2, 0.25) is 0 Å². The maximum absolute atomic E-state index is 5.70. The lowest BCUT2D eigenvalue weighted by Crippen LogP contribution is -2.24. The minimum absolute atomic E-state index is 0.504. The van der Waals surface area contributed by atoms with Crippen molar-refractivity contribution in [1.82, 2.24) is 15.2 Å². The van der Waals surface area contributed by atoms with E-state index in [1.807, 2.05) is 0 Å². The topological polar surface area (TPSA) is 37.4 Å². The second-order valence-electron chi connectivity index (χ2n) is 5.37. The summed E-state index contributed by atoms with van der Waals surface area (Å²) in [4.78, 5) is 7.04. The van der Waals surface area contributed by atoms with Crippen LogP contribution in [0.4, 0.5) is 0 Å². The third-order valence-electron chi connectivity index (χ3n) is 3.26. The predicted molar refractivity (Wildman–Crippen MR) is 79.4 cm³/mol. The highest BCUT2D eigenvalue weighted by Crippen LogP contribution is 2.11. The molecule has 2 rings (SSSR count). The quantitative estimate of drug-likeness (QED) is 0.743. The number of nitrogens with zero attached hydrogens (tertiary/aromatic N) is 2. The van der Waals surface area contributed by atoms with Crippen LogP contribution in [-0.2, 0) is 17.9 Å². The lowest BCUT2D eigenvalue weighted by Gasteiger charge is -2.13. The van der Waals surface area contributed by atoms with Gasteiger partial charge in [0, 0.05) is 24.5 Å². The molecule has 1 saturated heterocycles. The van der Waals surface area contributed by atoms with Gasteiger partial charge in [-0.3, -0.25) is 0 Å². The second-order valence-corrected chi connectivity index (χ2v) is 6.31.